The van der Waals surface area contributed by atoms with Crippen LogP contribution in [-0.2, 0) is 14.8 Å². The molecular weight excluding hydrogens is 334 g/mol. The van der Waals surface area contributed by atoms with Gasteiger partial charge in [0.25, 0.3) is 0 Å². The molecule has 2 aliphatic heterocycles. The highest BCUT2D eigenvalue weighted by molar-refractivity contribution is 7.89. The van der Waals surface area contributed by atoms with Crippen molar-refractivity contribution in [3.05, 3.63) is 30.3 Å². The Morgan fingerprint density at radius 2 is 1.88 bits per heavy atom. The number of nitrogens with zero attached hydrogens (tertiary/aromatic N) is 2. The fraction of sp³-hybridized carbons (Fsp3) is 0.467. The molecule has 1 aromatic rings. The molecule has 2 heterocycles. The van der Waals surface area contributed by atoms with Gasteiger partial charge >= 0.3 is 6.03 Å². The lowest BCUT2D eigenvalue weighted by Crippen LogP contribution is -2.62. The zero-order valence-corrected chi connectivity index (χ0v) is 13.9. The number of benzene rings is 1. The first-order valence-corrected chi connectivity index (χ1v) is 9.34. The summed E-state index contributed by atoms with van der Waals surface area (Å²) in [6.07, 6.45) is 0.377. The summed E-state index contributed by atoms with van der Waals surface area (Å²) < 4.78 is 31.2. The second-order valence-corrected chi connectivity index (χ2v) is 7.81. The predicted octanol–water partition coefficient (Wildman–Crippen LogP) is 0.0213. The lowest BCUT2D eigenvalue weighted by Gasteiger charge is -2.41. The molecule has 2 aliphatic rings. The van der Waals surface area contributed by atoms with Gasteiger partial charge in [-0.1, -0.05) is 18.2 Å². The molecule has 1 N–H and O–H groups in total. The third-order valence-electron chi connectivity index (χ3n) is 4.02. The monoisotopic (exact) mass is 353 g/mol. The summed E-state index contributed by atoms with van der Waals surface area (Å²) in [5.74, 6) is 0.378. The van der Waals surface area contributed by atoms with E-state index in [-0.39, 0.29) is 37.3 Å². The van der Waals surface area contributed by atoms with Gasteiger partial charge in [0.05, 0.1) is 24.9 Å². The summed E-state index contributed by atoms with van der Waals surface area (Å²) >= 11 is 0. The average molecular weight is 353 g/mol. The van der Waals surface area contributed by atoms with Crippen molar-refractivity contribution in [2.75, 3.05) is 32.0 Å². The number of carbonyl (C=O) groups excluding carboxylic acids is 2. The van der Waals surface area contributed by atoms with Crippen molar-refractivity contribution in [3.63, 3.8) is 0 Å². The largest absolute Gasteiger partial charge is 0.494 e. The number of sulfonamides is 1. The van der Waals surface area contributed by atoms with Crippen LogP contribution in [0, 0.1) is 0 Å². The van der Waals surface area contributed by atoms with Crippen LogP contribution in [0.3, 0.4) is 0 Å². The van der Waals surface area contributed by atoms with Gasteiger partial charge in [0.1, 0.15) is 5.75 Å². The van der Waals surface area contributed by atoms with E-state index in [1.165, 1.54) is 4.31 Å². The Morgan fingerprint density at radius 1 is 1.17 bits per heavy atom. The molecule has 0 aromatic heterocycles. The quantitative estimate of drug-likeness (QED) is 0.551. The number of rotatable bonds is 7. The number of carbonyl (C=O) groups is 2. The molecule has 8 nitrogen and oxygen atoms in total. The summed E-state index contributed by atoms with van der Waals surface area (Å²) in [5.41, 5.74) is 0. The highest BCUT2D eigenvalue weighted by Crippen LogP contribution is 2.21. The number of para-hydroxylation sites is 1. The van der Waals surface area contributed by atoms with Crippen LogP contribution >= 0.6 is 0 Å². The fourth-order valence-electron chi connectivity index (χ4n) is 2.69. The molecule has 9 heteroatoms. The Kier molecular flexibility index (Phi) is 4.72. The van der Waals surface area contributed by atoms with E-state index in [0.717, 1.165) is 4.90 Å². The normalized spacial score (nSPS) is 19.2. The van der Waals surface area contributed by atoms with Gasteiger partial charge in [0.15, 0.2) is 0 Å². The third-order valence-corrected chi connectivity index (χ3v) is 5.91. The molecule has 0 atom stereocenters. The van der Waals surface area contributed by atoms with Gasteiger partial charge in [-0.05, 0) is 18.6 Å². The van der Waals surface area contributed by atoms with Gasteiger partial charge in [-0.2, -0.15) is 4.31 Å². The number of hydrogen-bond donors (Lipinski definition) is 1. The van der Waals surface area contributed by atoms with E-state index in [1.54, 1.807) is 0 Å². The zero-order chi connectivity index (χ0) is 17.2. The Labute approximate surface area is 140 Å². The molecule has 24 heavy (non-hydrogen) atoms. The van der Waals surface area contributed by atoms with Gasteiger partial charge in [0, 0.05) is 13.1 Å². The minimum atomic E-state index is -3.39. The molecule has 130 valence electrons. The van der Waals surface area contributed by atoms with Crippen molar-refractivity contribution in [2.45, 2.75) is 12.5 Å². The first kappa shape index (κ1) is 16.7. The molecule has 2 saturated heterocycles. The first-order chi connectivity index (χ1) is 11.5. The van der Waals surface area contributed by atoms with Gasteiger partial charge < -0.3 is 10.1 Å². The van der Waals surface area contributed by atoms with Crippen LogP contribution in [0.15, 0.2) is 30.3 Å². The molecule has 0 unspecified atom stereocenters. The van der Waals surface area contributed by atoms with Crippen molar-refractivity contribution in [1.82, 2.24) is 14.5 Å². The highest BCUT2D eigenvalue weighted by atomic mass is 32.2. The molecular formula is C15H19N3O5S. The van der Waals surface area contributed by atoms with Crippen LogP contribution in [0.1, 0.15) is 6.42 Å². The van der Waals surface area contributed by atoms with E-state index in [4.69, 9.17) is 4.74 Å². The molecule has 0 saturated carbocycles. The van der Waals surface area contributed by atoms with E-state index in [2.05, 4.69) is 5.32 Å². The molecule has 0 spiro atoms. The lowest BCUT2D eigenvalue weighted by molar-refractivity contribution is -0.128. The fourth-order valence-corrected chi connectivity index (χ4v) is 4.23. The smallest absolute Gasteiger partial charge is 0.324 e. The van der Waals surface area contributed by atoms with Crippen LogP contribution in [0.4, 0.5) is 4.79 Å². The molecule has 0 radical (unpaired) electrons. The van der Waals surface area contributed by atoms with Crippen LogP contribution in [-0.4, -0.2) is 67.6 Å². The number of hydrogen-bond acceptors (Lipinski definition) is 5. The highest BCUT2D eigenvalue weighted by Gasteiger charge is 2.44. The number of imide groups is 1. The SMILES string of the molecule is O=C1CNC(=O)N1C1CN(S(=O)(=O)CCCOc2ccccc2)C1. The molecule has 0 aliphatic carbocycles. The second-order valence-electron chi connectivity index (χ2n) is 5.72. The van der Waals surface area contributed by atoms with E-state index < -0.39 is 16.1 Å². The summed E-state index contributed by atoms with van der Waals surface area (Å²) in [6, 6.07) is 8.39. The maximum Gasteiger partial charge on any atom is 0.324 e. The van der Waals surface area contributed by atoms with E-state index in [1.807, 2.05) is 30.3 Å². The van der Waals surface area contributed by atoms with Gasteiger partial charge in [-0.3, -0.25) is 9.69 Å². The first-order valence-electron chi connectivity index (χ1n) is 7.73. The van der Waals surface area contributed by atoms with Crippen LogP contribution in [0.25, 0.3) is 0 Å². The van der Waals surface area contributed by atoms with Crippen molar-refractivity contribution in [3.8, 4) is 5.75 Å². The molecule has 1 aromatic carbocycles. The van der Waals surface area contributed by atoms with Crippen molar-refractivity contribution >= 4 is 22.0 Å². The minimum Gasteiger partial charge on any atom is -0.494 e. The summed E-state index contributed by atoms with van der Waals surface area (Å²) in [7, 11) is -3.39. The molecule has 2 fully saturated rings. The van der Waals surface area contributed by atoms with Crippen LogP contribution in [0.2, 0.25) is 0 Å². The zero-order valence-electron chi connectivity index (χ0n) is 13.1. The maximum absolute atomic E-state index is 12.2. The number of urea groups is 1. The Hall–Kier alpha value is -2.13. The van der Waals surface area contributed by atoms with Crippen molar-refractivity contribution in [1.29, 1.82) is 0 Å². The Balaban J connectivity index is 1.42. The third kappa shape index (κ3) is 3.51. The number of amides is 3. The maximum atomic E-state index is 12.2. The number of ether oxygens (including phenoxy) is 1. The topological polar surface area (TPSA) is 96.0 Å². The Bertz CT molecular complexity index is 700. The van der Waals surface area contributed by atoms with Crippen LogP contribution < -0.4 is 10.1 Å². The van der Waals surface area contributed by atoms with Crippen molar-refractivity contribution < 1.29 is 22.7 Å². The number of nitrogens with one attached hydrogen (secondary N) is 1. The molecule has 0 bridgehead atoms. The minimum absolute atomic E-state index is 0.0150. The van der Waals surface area contributed by atoms with E-state index in [9.17, 15) is 18.0 Å². The second kappa shape index (κ2) is 6.78. The average Bonchev–Trinajstić information content (AvgIpc) is 2.83. The van der Waals surface area contributed by atoms with Gasteiger partial charge in [-0.25, -0.2) is 13.2 Å². The molecule has 3 rings (SSSR count). The summed E-state index contributed by atoms with van der Waals surface area (Å²) in [4.78, 5) is 24.2. The Morgan fingerprint density at radius 3 is 2.50 bits per heavy atom. The van der Waals surface area contributed by atoms with E-state index in [0.29, 0.717) is 18.8 Å². The standard InChI is InChI=1S/C15H19N3O5S/c19-14-9-16-15(20)18(14)12-10-17(11-12)24(21,22)8-4-7-23-13-5-2-1-3-6-13/h1-3,5-6,12H,4,7-11H2,(H,16,20). The predicted molar refractivity (Wildman–Crippen MR) is 85.9 cm³/mol. The van der Waals surface area contributed by atoms with Crippen LogP contribution in [0.5, 0.6) is 5.75 Å². The van der Waals surface area contributed by atoms with E-state index >= 15 is 0 Å². The lowest BCUT2D eigenvalue weighted by atomic mass is 10.1. The van der Waals surface area contributed by atoms with Gasteiger partial charge in [-0.15, -0.1) is 0 Å². The molecule has 3 amide bonds. The van der Waals surface area contributed by atoms with Crippen molar-refractivity contribution in [2.24, 2.45) is 0 Å². The summed E-state index contributed by atoms with van der Waals surface area (Å²) in [6.45, 7) is 0.633. The summed E-state index contributed by atoms with van der Waals surface area (Å²) in [5, 5.41) is 2.43. The van der Waals surface area contributed by atoms with Gasteiger partial charge in [0.2, 0.25) is 15.9 Å².